The molecule has 0 unspecified atom stereocenters. The van der Waals surface area contributed by atoms with Gasteiger partial charge in [0.1, 0.15) is 22.3 Å². The van der Waals surface area contributed by atoms with Crippen molar-refractivity contribution >= 4 is 76.5 Å². The molecule has 0 saturated carbocycles. The predicted molar refractivity (Wildman–Crippen MR) is 231 cm³/mol. The van der Waals surface area contributed by atoms with Gasteiger partial charge < -0.3 is 8.83 Å². The molecule has 0 bridgehead atoms. The quantitative estimate of drug-likeness (QED) is 0.170. The molecule has 0 amide bonds. The maximum absolute atomic E-state index is 6.78. The first-order chi connectivity index (χ1) is 27.7. The molecule has 3 aromatic heterocycles. The smallest absolute Gasteiger partial charge is 0.147 e. The number of fused-ring (bicyclic) bond motifs is 13. The van der Waals surface area contributed by atoms with Crippen molar-refractivity contribution in [2.45, 2.75) is 0 Å². The molecular formula is C52H30N2O2. The van der Waals surface area contributed by atoms with Gasteiger partial charge in [0.15, 0.2) is 0 Å². The molecule has 4 heteroatoms. The monoisotopic (exact) mass is 714 g/mol. The lowest BCUT2D eigenvalue weighted by Crippen LogP contribution is -1.92. The number of aromatic nitrogens is 2. The maximum Gasteiger partial charge on any atom is 0.147 e. The van der Waals surface area contributed by atoms with E-state index in [1.807, 2.05) is 24.4 Å². The van der Waals surface area contributed by atoms with E-state index in [1.54, 1.807) is 0 Å². The standard InChI is InChI=1S/C52H30N2O2/c1-3-19-40-38(17-1)39-18-2-4-20-41(39)50-49(40)53-30-45(54-50)36-16-9-14-34(29-36)32-12-7-11-31(27-32)33-13-8-15-35(28-33)37-22-10-23-42-43-25-26-47-48(52(43)56-51(37)42)44-21-5-6-24-46(44)55-47/h1-30H. The molecule has 0 fully saturated rings. The van der Waals surface area contributed by atoms with E-state index in [0.717, 1.165) is 110 Å². The molecule has 260 valence electrons. The zero-order valence-corrected chi connectivity index (χ0v) is 30.0. The molecule has 3 heterocycles. The topological polar surface area (TPSA) is 52.1 Å². The van der Waals surface area contributed by atoms with Crippen LogP contribution in [0, 0.1) is 0 Å². The molecule has 12 aromatic rings. The third kappa shape index (κ3) is 4.66. The van der Waals surface area contributed by atoms with Crippen LogP contribution in [0.1, 0.15) is 0 Å². The Morgan fingerprint density at radius 3 is 1.61 bits per heavy atom. The SMILES string of the molecule is c1cc(-c2cccc(-c3cnc4c5ccccc5c5ccccc5c4n3)c2)cc(-c2cccc(-c3cccc4c3oc3c4ccc4oc5ccccc5c43)c2)c1. The Hall–Kier alpha value is -7.56. The molecule has 0 radical (unpaired) electrons. The van der Waals surface area contributed by atoms with Gasteiger partial charge in [-0.05, 0) is 75.0 Å². The number of para-hydroxylation sites is 2. The predicted octanol–water partition coefficient (Wildman–Crippen LogP) is 14.4. The Labute approximate surface area is 320 Å². The van der Waals surface area contributed by atoms with Gasteiger partial charge in [0.2, 0.25) is 0 Å². The van der Waals surface area contributed by atoms with Crippen LogP contribution in [-0.2, 0) is 0 Å². The van der Waals surface area contributed by atoms with Crippen LogP contribution in [0.3, 0.4) is 0 Å². The summed E-state index contributed by atoms with van der Waals surface area (Å²) in [6.07, 6.45) is 1.91. The van der Waals surface area contributed by atoms with E-state index >= 15 is 0 Å². The molecule has 0 spiro atoms. The van der Waals surface area contributed by atoms with Crippen LogP contribution in [0.5, 0.6) is 0 Å². The number of hydrogen-bond donors (Lipinski definition) is 0. The maximum atomic E-state index is 6.78. The summed E-state index contributed by atoms with van der Waals surface area (Å²) in [5.74, 6) is 0. The summed E-state index contributed by atoms with van der Waals surface area (Å²) >= 11 is 0. The van der Waals surface area contributed by atoms with Crippen LogP contribution in [0.15, 0.2) is 191 Å². The van der Waals surface area contributed by atoms with Crippen LogP contribution >= 0.6 is 0 Å². The van der Waals surface area contributed by atoms with Crippen molar-refractivity contribution in [2.24, 2.45) is 0 Å². The normalized spacial score (nSPS) is 11.9. The molecule has 4 nitrogen and oxygen atoms in total. The van der Waals surface area contributed by atoms with Gasteiger partial charge in [-0.15, -0.1) is 0 Å². The third-order valence-electron chi connectivity index (χ3n) is 11.3. The highest BCUT2D eigenvalue weighted by atomic mass is 16.3. The molecule has 0 aliphatic carbocycles. The first-order valence-corrected chi connectivity index (χ1v) is 18.9. The van der Waals surface area contributed by atoms with E-state index < -0.39 is 0 Å². The number of nitrogens with zero attached hydrogens (tertiary/aromatic N) is 2. The van der Waals surface area contributed by atoms with Gasteiger partial charge in [-0.2, -0.15) is 0 Å². The number of benzene rings is 9. The summed E-state index contributed by atoms with van der Waals surface area (Å²) in [6, 6.07) is 61.8. The fraction of sp³-hybridized carbons (Fsp3) is 0. The van der Waals surface area contributed by atoms with Crippen molar-refractivity contribution in [3.05, 3.63) is 182 Å². The Morgan fingerprint density at radius 1 is 0.339 bits per heavy atom. The van der Waals surface area contributed by atoms with E-state index in [-0.39, 0.29) is 0 Å². The number of furan rings is 2. The van der Waals surface area contributed by atoms with Gasteiger partial charge in [-0.3, -0.25) is 4.98 Å². The van der Waals surface area contributed by atoms with Crippen molar-refractivity contribution in [1.29, 1.82) is 0 Å². The van der Waals surface area contributed by atoms with Crippen LogP contribution in [0.25, 0.3) is 121 Å². The van der Waals surface area contributed by atoms with Gasteiger partial charge in [-0.25, -0.2) is 4.98 Å². The van der Waals surface area contributed by atoms with E-state index in [2.05, 4.69) is 158 Å². The highest BCUT2D eigenvalue weighted by Gasteiger charge is 2.19. The summed E-state index contributed by atoms with van der Waals surface area (Å²) in [5.41, 5.74) is 13.8. The average Bonchev–Trinajstić information content (AvgIpc) is 3.85. The van der Waals surface area contributed by atoms with Crippen molar-refractivity contribution in [2.75, 3.05) is 0 Å². The lowest BCUT2D eigenvalue weighted by molar-refractivity contribution is 0.663. The van der Waals surface area contributed by atoms with Crippen molar-refractivity contribution < 1.29 is 8.83 Å². The molecule has 9 aromatic carbocycles. The Bertz CT molecular complexity index is 3520. The minimum absolute atomic E-state index is 0.833. The summed E-state index contributed by atoms with van der Waals surface area (Å²) in [4.78, 5) is 10.3. The molecule has 56 heavy (non-hydrogen) atoms. The molecule has 0 aliphatic heterocycles. The Balaban J connectivity index is 0.929. The Morgan fingerprint density at radius 2 is 0.875 bits per heavy atom. The van der Waals surface area contributed by atoms with Crippen molar-refractivity contribution in [1.82, 2.24) is 9.97 Å². The Kier molecular flexibility index (Phi) is 6.60. The highest BCUT2D eigenvalue weighted by molar-refractivity contribution is 6.24. The summed E-state index contributed by atoms with van der Waals surface area (Å²) in [5, 5.41) is 8.88. The zero-order valence-electron chi connectivity index (χ0n) is 30.0. The van der Waals surface area contributed by atoms with Crippen LogP contribution in [0.4, 0.5) is 0 Å². The minimum Gasteiger partial charge on any atom is -0.456 e. The molecule has 0 aliphatic rings. The second-order valence-corrected chi connectivity index (χ2v) is 14.5. The highest BCUT2D eigenvalue weighted by Crippen LogP contribution is 2.42. The van der Waals surface area contributed by atoms with Crippen molar-refractivity contribution in [3.8, 4) is 44.6 Å². The fourth-order valence-corrected chi connectivity index (χ4v) is 8.66. The molecule has 0 N–H and O–H groups in total. The average molecular weight is 715 g/mol. The first kappa shape index (κ1) is 30.9. The van der Waals surface area contributed by atoms with Crippen LogP contribution < -0.4 is 0 Å². The van der Waals surface area contributed by atoms with Gasteiger partial charge in [-0.1, -0.05) is 140 Å². The van der Waals surface area contributed by atoms with Crippen LogP contribution in [0.2, 0.25) is 0 Å². The lowest BCUT2D eigenvalue weighted by Gasteiger charge is -2.11. The van der Waals surface area contributed by atoms with Gasteiger partial charge in [0.05, 0.1) is 28.3 Å². The molecule has 12 rings (SSSR count). The van der Waals surface area contributed by atoms with Crippen molar-refractivity contribution in [3.63, 3.8) is 0 Å². The fourth-order valence-electron chi connectivity index (χ4n) is 8.66. The lowest BCUT2D eigenvalue weighted by atomic mass is 9.95. The molecule has 0 saturated heterocycles. The second kappa shape index (κ2) is 12.0. The van der Waals surface area contributed by atoms with Gasteiger partial charge in [0.25, 0.3) is 0 Å². The number of hydrogen-bond acceptors (Lipinski definition) is 4. The number of rotatable bonds is 4. The largest absolute Gasteiger partial charge is 0.456 e. The van der Waals surface area contributed by atoms with E-state index in [4.69, 9.17) is 18.8 Å². The third-order valence-corrected chi connectivity index (χ3v) is 11.3. The molecule has 0 atom stereocenters. The summed E-state index contributed by atoms with van der Waals surface area (Å²) in [6.45, 7) is 0. The zero-order chi connectivity index (χ0) is 36.7. The van der Waals surface area contributed by atoms with E-state index in [9.17, 15) is 0 Å². The second-order valence-electron chi connectivity index (χ2n) is 14.5. The summed E-state index contributed by atoms with van der Waals surface area (Å²) < 4.78 is 13.0. The first-order valence-electron chi connectivity index (χ1n) is 18.9. The summed E-state index contributed by atoms with van der Waals surface area (Å²) in [7, 11) is 0. The van der Waals surface area contributed by atoms with Crippen LogP contribution in [-0.4, -0.2) is 9.97 Å². The van der Waals surface area contributed by atoms with E-state index in [0.29, 0.717) is 0 Å². The minimum atomic E-state index is 0.833. The molecular weight excluding hydrogens is 685 g/mol. The van der Waals surface area contributed by atoms with Gasteiger partial charge in [0, 0.05) is 38.1 Å². The van der Waals surface area contributed by atoms with E-state index in [1.165, 1.54) is 10.8 Å². The van der Waals surface area contributed by atoms with Gasteiger partial charge >= 0.3 is 0 Å².